The molecule has 1 aromatic carbocycles. The van der Waals surface area contributed by atoms with Gasteiger partial charge in [-0.15, -0.1) is 0 Å². The summed E-state index contributed by atoms with van der Waals surface area (Å²) < 4.78 is 12.9. The van der Waals surface area contributed by atoms with Crippen molar-refractivity contribution < 1.29 is 4.39 Å². The zero-order valence-electron chi connectivity index (χ0n) is 9.63. The molecule has 0 atom stereocenters. The molecule has 17 heavy (non-hydrogen) atoms. The SMILES string of the molecule is Cc1[nH]c(C2CNC2)nc1-c1ccc(F)cc1. The van der Waals surface area contributed by atoms with Crippen molar-refractivity contribution in [2.45, 2.75) is 12.8 Å². The largest absolute Gasteiger partial charge is 0.345 e. The van der Waals surface area contributed by atoms with E-state index < -0.39 is 0 Å². The molecule has 0 bridgehead atoms. The van der Waals surface area contributed by atoms with Gasteiger partial charge in [-0.25, -0.2) is 9.37 Å². The van der Waals surface area contributed by atoms with Crippen molar-refractivity contribution in [2.24, 2.45) is 0 Å². The highest BCUT2D eigenvalue weighted by Gasteiger charge is 2.23. The minimum absolute atomic E-state index is 0.217. The Morgan fingerprint density at radius 1 is 1.24 bits per heavy atom. The fourth-order valence-corrected chi connectivity index (χ4v) is 2.05. The van der Waals surface area contributed by atoms with Gasteiger partial charge in [0.15, 0.2) is 0 Å². The molecule has 1 aliphatic rings. The number of nitrogens with zero attached hydrogens (tertiary/aromatic N) is 1. The molecule has 0 radical (unpaired) electrons. The van der Waals surface area contributed by atoms with Crippen LogP contribution in [0.15, 0.2) is 24.3 Å². The number of aromatic nitrogens is 2. The number of aryl methyl sites for hydroxylation is 1. The Bertz CT molecular complexity index is 526. The van der Waals surface area contributed by atoms with Crippen LogP contribution in [0.2, 0.25) is 0 Å². The van der Waals surface area contributed by atoms with E-state index in [4.69, 9.17) is 0 Å². The molecular weight excluding hydrogens is 217 g/mol. The van der Waals surface area contributed by atoms with E-state index in [-0.39, 0.29) is 5.82 Å². The summed E-state index contributed by atoms with van der Waals surface area (Å²) in [6.07, 6.45) is 0. The minimum atomic E-state index is -0.217. The zero-order chi connectivity index (χ0) is 11.8. The Balaban J connectivity index is 1.96. The number of halogens is 1. The van der Waals surface area contributed by atoms with E-state index in [1.54, 1.807) is 12.1 Å². The average molecular weight is 231 g/mol. The predicted molar refractivity (Wildman–Crippen MR) is 64.3 cm³/mol. The van der Waals surface area contributed by atoms with Gasteiger partial charge in [0.05, 0.1) is 5.69 Å². The zero-order valence-corrected chi connectivity index (χ0v) is 9.63. The smallest absolute Gasteiger partial charge is 0.123 e. The van der Waals surface area contributed by atoms with Crippen LogP contribution in [0.4, 0.5) is 4.39 Å². The third kappa shape index (κ3) is 1.85. The third-order valence-corrected chi connectivity index (χ3v) is 3.19. The topological polar surface area (TPSA) is 40.7 Å². The van der Waals surface area contributed by atoms with Gasteiger partial charge in [0, 0.05) is 30.3 Å². The molecule has 88 valence electrons. The first-order valence-corrected chi connectivity index (χ1v) is 5.77. The van der Waals surface area contributed by atoms with E-state index >= 15 is 0 Å². The van der Waals surface area contributed by atoms with Gasteiger partial charge >= 0.3 is 0 Å². The van der Waals surface area contributed by atoms with Crippen LogP contribution in [-0.2, 0) is 0 Å². The van der Waals surface area contributed by atoms with E-state index in [1.165, 1.54) is 12.1 Å². The summed E-state index contributed by atoms with van der Waals surface area (Å²) in [5, 5.41) is 3.23. The lowest BCUT2D eigenvalue weighted by molar-refractivity contribution is 0.432. The Morgan fingerprint density at radius 3 is 2.53 bits per heavy atom. The lowest BCUT2D eigenvalue weighted by Gasteiger charge is -2.24. The molecule has 1 fully saturated rings. The quantitative estimate of drug-likeness (QED) is 0.832. The van der Waals surface area contributed by atoms with Gasteiger partial charge < -0.3 is 10.3 Å². The molecular formula is C13H14FN3. The Morgan fingerprint density at radius 2 is 1.94 bits per heavy atom. The van der Waals surface area contributed by atoms with E-state index in [0.29, 0.717) is 5.92 Å². The molecule has 1 aliphatic heterocycles. The van der Waals surface area contributed by atoms with Gasteiger partial charge in [-0.3, -0.25) is 0 Å². The maximum Gasteiger partial charge on any atom is 0.123 e. The van der Waals surface area contributed by atoms with E-state index in [9.17, 15) is 4.39 Å². The highest BCUT2D eigenvalue weighted by atomic mass is 19.1. The minimum Gasteiger partial charge on any atom is -0.345 e. The van der Waals surface area contributed by atoms with Gasteiger partial charge in [0.1, 0.15) is 11.6 Å². The summed E-state index contributed by atoms with van der Waals surface area (Å²) in [5.41, 5.74) is 2.92. The molecule has 1 aromatic heterocycles. The summed E-state index contributed by atoms with van der Waals surface area (Å²) in [5.74, 6) is 1.30. The van der Waals surface area contributed by atoms with E-state index in [2.05, 4.69) is 15.3 Å². The number of H-pyrrole nitrogens is 1. The van der Waals surface area contributed by atoms with Gasteiger partial charge in [0.25, 0.3) is 0 Å². The van der Waals surface area contributed by atoms with Gasteiger partial charge in [-0.1, -0.05) is 0 Å². The van der Waals surface area contributed by atoms with Crippen LogP contribution in [0.5, 0.6) is 0 Å². The number of aromatic amines is 1. The number of rotatable bonds is 2. The maximum absolute atomic E-state index is 12.9. The number of benzene rings is 1. The van der Waals surface area contributed by atoms with Crippen molar-refractivity contribution in [1.29, 1.82) is 0 Å². The van der Waals surface area contributed by atoms with Crippen molar-refractivity contribution in [2.75, 3.05) is 13.1 Å². The van der Waals surface area contributed by atoms with Crippen LogP contribution >= 0.6 is 0 Å². The van der Waals surface area contributed by atoms with Crippen LogP contribution in [0, 0.1) is 12.7 Å². The molecule has 1 saturated heterocycles. The van der Waals surface area contributed by atoms with Crippen molar-refractivity contribution in [3.05, 3.63) is 41.6 Å². The number of nitrogens with one attached hydrogen (secondary N) is 2. The van der Waals surface area contributed by atoms with Crippen molar-refractivity contribution in [3.63, 3.8) is 0 Å². The second kappa shape index (κ2) is 3.96. The molecule has 0 saturated carbocycles. The summed E-state index contributed by atoms with van der Waals surface area (Å²) in [6, 6.07) is 6.46. The van der Waals surface area contributed by atoms with Crippen molar-refractivity contribution >= 4 is 0 Å². The van der Waals surface area contributed by atoms with Crippen LogP contribution < -0.4 is 5.32 Å². The molecule has 2 N–H and O–H groups in total. The molecule has 0 unspecified atom stereocenters. The average Bonchev–Trinajstić information content (AvgIpc) is 2.59. The van der Waals surface area contributed by atoms with Crippen LogP contribution in [0.1, 0.15) is 17.4 Å². The fraction of sp³-hybridized carbons (Fsp3) is 0.308. The van der Waals surface area contributed by atoms with Crippen molar-refractivity contribution in [1.82, 2.24) is 15.3 Å². The molecule has 3 nitrogen and oxygen atoms in total. The lowest BCUT2D eigenvalue weighted by Crippen LogP contribution is -2.40. The number of hydrogen-bond acceptors (Lipinski definition) is 2. The first kappa shape index (κ1) is 10.5. The van der Waals surface area contributed by atoms with E-state index in [0.717, 1.165) is 35.9 Å². The third-order valence-electron chi connectivity index (χ3n) is 3.19. The molecule has 0 aliphatic carbocycles. The highest BCUT2D eigenvalue weighted by molar-refractivity contribution is 5.61. The van der Waals surface area contributed by atoms with Crippen LogP contribution in [0.3, 0.4) is 0 Å². The lowest BCUT2D eigenvalue weighted by atomic mass is 10.0. The Labute approximate surface area is 99.1 Å². The Hall–Kier alpha value is -1.68. The van der Waals surface area contributed by atoms with E-state index in [1.807, 2.05) is 6.92 Å². The first-order valence-electron chi connectivity index (χ1n) is 5.77. The summed E-state index contributed by atoms with van der Waals surface area (Å²) >= 11 is 0. The fourth-order valence-electron chi connectivity index (χ4n) is 2.05. The maximum atomic E-state index is 12.9. The summed E-state index contributed by atoms with van der Waals surface area (Å²) in [7, 11) is 0. The molecule has 2 aromatic rings. The molecule has 0 spiro atoms. The second-order valence-corrected chi connectivity index (χ2v) is 4.46. The summed E-state index contributed by atoms with van der Waals surface area (Å²) in [6.45, 7) is 3.97. The number of hydrogen-bond donors (Lipinski definition) is 2. The van der Waals surface area contributed by atoms with Gasteiger partial charge in [-0.05, 0) is 31.2 Å². The Kier molecular flexibility index (Phi) is 2.44. The predicted octanol–water partition coefficient (Wildman–Crippen LogP) is 2.21. The molecule has 2 heterocycles. The second-order valence-electron chi connectivity index (χ2n) is 4.46. The van der Waals surface area contributed by atoms with Crippen LogP contribution in [0.25, 0.3) is 11.3 Å². The normalized spacial score (nSPS) is 15.9. The van der Waals surface area contributed by atoms with Gasteiger partial charge in [0.2, 0.25) is 0 Å². The van der Waals surface area contributed by atoms with Gasteiger partial charge in [-0.2, -0.15) is 0 Å². The summed E-state index contributed by atoms with van der Waals surface area (Å²) in [4.78, 5) is 7.93. The van der Waals surface area contributed by atoms with Crippen molar-refractivity contribution in [3.8, 4) is 11.3 Å². The first-order chi connectivity index (χ1) is 8.24. The highest BCUT2D eigenvalue weighted by Crippen LogP contribution is 2.25. The molecule has 0 amide bonds. The molecule has 3 rings (SSSR count). The molecule has 4 heteroatoms. The van der Waals surface area contributed by atoms with Crippen LogP contribution in [-0.4, -0.2) is 23.1 Å². The number of imidazole rings is 1. The monoisotopic (exact) mass is 231 g/mol. The standard InChI is InChI=1S/C13H14FN3/c1-8-12(9-2-4-11(14)5-3-9)17-13(16-8)10-6-15-7-10/h2-5,10,15H,6-7H2,1H3,(H,16,17).